The van der Waals surface area contributed by atoms with Gasteiger partial charge in [0.25, 0.3) is 5.91 Å². The molecule has 0 atom stereocenters. The van der Waals surface area contributed by atoms with Gasteiger partial charge in [-0.1, -0.05) is 55.1 Å². The molecule has 118 valence electrons. The molecule has 1 N–H and O–H groups in total. The predicted molar refractivity (Wildman–Crippen MR) is 92.8 cm³/mol. The lowest BCUT2D eigenvalue weighted by Gasteiger charge is -2.16. The van der Waals surface area contributed by atoms with Gasteiger partial charge in [-0.2, -0.15) is 0 Å². The number of amides is 1. The Balaban J connectivity index is 1.83. The lowest BCUT2D eigenvalue weighted by Crippen LogP contribution is -2.25. The summed E-state index contributed by atoms with van der Waals surface area (Å²) in [5.74, 6) is 0.819. The third kappa shape index (κ3) is 5.08. The minimum Gasteiger partial charge on any atom is -0.303 e. The van der Waals surface area contributed by atoms with Gasteiger partial charge in [-0.25, -0.2) is 0 Å². The van der Waals surface area contributed by atoms with E-state index in [0.29, 0.717) is 10.7 Å². The second kappa shape index (κ2) is 8.87. The summed E-state index contributed by atoms with van der Waals surface area (Å²) in [5.41, 5.74) is 0.619. The Bertz CT molecular complexity index is 584. The van der Waals surface area contributed by atoms with Crippen LogP contribution in [0.2, 0.25) is 0 Å². The number of aromatic nitrogens is 2. The third-order valence-corrected chi connectivity index (χ3v) is 5.14. The van der Waals surface area contributed by atoms with E-state index in [-0.39, 0.29) is 5.91 Å². The fourth-order valence-corrected chi connectivity index (χ4v) is 3.70. The predicted octanol–water partition coefficient (Wildman–Crippen LogP) is 3.22. The molecule has 0 radical (unpaired) electrons. The highest BCUT2D eigenvalue weighted by Gasteiger charge is 2.10. The Morgan fingerprint density at radius 3 is 2.64 bits per heavy atom. The van der Waals surface area contributed by atoms with E-state index in [9.17, 15) is 4.79 Å². The zero-order valence-corrected chi connectivity index (χ0v) is 14.4. The molecule has 2 rings (SSSR count). The van der Waals surface area contributed by atoms with Gasteiger partial charge < -0.3 is 4.90 Å². The van der Waals surface area contributed by atoms with Crippen molar-refractivity contribution >= 4 is 34.1 Å². The molecule has 0 fully saturated rings. The summed E-state index contributed by atoms with van der Waals surface area (Å²) in [6.07, 6.45) is 0. The first kappa shape index (κ1) is 16.9. The summed E-state index contributed by atoms with van der Waals surface area (Å²) in [7, 11) is 0. The molecule has 0 saturated heterocycles. The van der Waals surface area contributed by atoms with Gasteiger partial charge >= 0.3 is 0 Å². The van der Waals surface area contributed by atoms with Gasteiger partial charge in [-0.05, 0) is 25.2 Å². The van der Waals surface area contributed by atoms with Gasteiger partial charge in [0.2, 0.25) is 5.13 Å². The highest BCUT2D eigenvalue weighted by molar-refractivity contribution is 8.01. The zero-order chi connectivity index (χ0) is 15.8. The zero-order valence-electron chi connectivity index (χ0n) is 12.8. The third-order valence-electron chi connectivity index (χ3n) is 3.19. The van der Waals surface area contributed by atoms with Crippen molar-refractivity contribution in [3.63, 3.8) is 0 Å². The highest BCUT2D eigenvalue weighted by Crippen LogP contribution is 2.25. The van der Waals surface area contributed by atoms with Crippen LogP contribution >= 0.6 is 23.1 Å². The van der Waals surface area contributed by atoms with E-state index in [1.165, 1.54) is 11.3 Å². The summed E-state index contributed by atoms with van der Waals surface area (Å²) in [6, 6.07) is 9.10. The van der Waals surface area contributed by atoms with Gasteiger partial charge in [0.15, 0.2) is 4.34 Å². The van der Waals surface area contributed by atoms with Crippen molar-refractivity contribution in [2.24, 2.45) is 0 Å². The number of anilines is 1. The van der Waals surface area contributed by atoms with Crippen LogP contribution in [-0.4, -0.2) is 46.4 Å². The number of rotatable bonds is 8. The fraction of sp³-hybridized carbons (Fsp3) is 0.400. The van der Waals surface area contributed by atoms with Crippen LogP contribution in [0.15, 0.2) is 34.7 Å². The molecule has 1 aromatic heterocycles. The van der Waals surface area contributed by atoms with Crippen LogP contribution < -0.4 is 5.32 Å². The Hall–Kier alpha value is -1.44. The van der Waals surface area contributed by atoms with Crippen molar-refractivity contribution in [2.75, 3.05) is 30.7 Å². The number of carbonyl (C=O) groups is 1. The van der Waals surface area contributed by atoms with Gasteiger partial charge in [0, 0.05) is 17.9 Å². The first-order valence-electron chi connectivity index (χ1n) is 7.28. The number of hydrogen-bond donors (Lipinski definition) is 1. The molecule has 0 aliphatic heterocycles. The minimum atomic E-state index is -0.156. The van der Waals surface area contributed by atoms with E-state index < -0.39 is 0 Å². The number of hydrogen-bond acceptors (Lipinski definition) is 6. The maximum Gasteiger partial charge on any atom is 0.257 e. The number of benzene rings is 1. The monoisotopic (exact) mass is 336 g/mol. The van der Waals surface area contributed by atoms with E-state index in [0.717, 1.165) is 29.7 Å². The summed E-state index contributed by atoms with van der Waals surface area (Å²) in [6.45, 7) is 7.48. The number of nitrogens with zero attached hydrogens (tertiary/aromatic N) is 3. The van der Waals surface area contributed by atoms with Gasteiger partial charge in [-0.15, -0.1) is 10.2 Å². The molecule has 1 heterocycles. The Morgan fingerprint density at radius 1 is 1.23 bits per heavy atom. The number of nitrogens with one attached hydrogen (secondary N) is 1. The van der Waals surface area contributed by atoms with Gasteiger partial charge in [0.1, 0.15) is 0 Å². The topological polar surface area (TPSA) is 58.1 Å². The van der Waals surface area contributed by atoms with Crippen LogP contribution in [0, 0.1) is 0 Å². The molecule has 0 bridgehead atoms. The summed E-state index contributed by atoms with van der Waals surface area (Å²) < 4.78 is 0.885. The van der Waals surface area contributed by atoms with Crippen molar-refractivity contribution in [2.45, 2.75) is 18.2 Å². The second-order valence-electron chi connectivity index (χ2n) is 4.57. The summed E-state index contributed by atoms with van der Waals surface area (Å²) in [5, 5.41) is 11.5. The minimum absolute atomic E-state index is 0.156. The molecular formula is C15H20N4OS2. The van der Waals surface area contributed by atoms with Gasteiger partial charge in [0.05, 0.1) is 0 Å². The van der Waals surface area contributed by atoms with E-state index in [4.69, 9.17) is 0 Å². The average molecular weight is 336 g/mol. The maximum absolute atomic E-state index is 12.0. The molecular weight excluding hydrogens is 316 g/mol. The van der Waals surface area contributed by atoms with Gasteiger partial charge in [-0.3, -0.25) is 10.1 Å². The fourth-order valence-electron chi connectivity index (χ4n) is 1.88. The van der Waals surface area contributed by atoms with Crippen LogP contribution in [0.5, 0.6) is 0 Å². The molecule has 0 spiro atoms. The Labute approximate surface area is 139 Å². The quantitative estimate of drug-likeness (QED) is 0.592. The summed E-state index contributed by atoms with van der Waals surface area (Å²) >= 11 is 3.09. The van der Waals surface area contributed by atoms with E-state index in [1.54, 1.807) is 23.9 Å². The molecule has 0 aliphatic carbocycles. The lowest BCUT2D eigenvalue weighted by atomic mass is 10.2. The molecule has 5 nitrogen and oxygen atoms in total. The van der Waals surface area contributed by atoms with E-state index >= 15 is 0 Å². The molecule has 0 saturated carbocycles. The average Bonchev–Trinajstić information content (AvgIpc) is 3.00. The largest absolute Gasteiger partial charge is 0.303 e. The Morgan fingerprint density at radius 2 is 1.95 bits per heavy atom. The summed E-state index contributed by atoms with van der Waals surface area (Å²) in [4.78, 5) is 14.4. The molecule has 1 aromatic carbocycles. The molecule has 2 aromatic rings. The molecule has 7 heteroatoms. The normalized spacial score (nSPS) is 10.9. The lowest BCUT2D eigenvalue weighted by molar-refractivity contribution is 0.102. The van der Waals surface area contributed by atoms with Crippen molar-refractivity contribution < 1.29 is 4.79 Å². The standard InChI is InChI=1S/C15H20N4OS2/c1-3-19(4-2)10-11-21-15-18-17-14(22-15)16-13(20)12-8-6-5-7-9-12/h5-9H,3-4,10-11H2,1-2H3,(H,16,17,20). The molecule has 1 amide bonds. The van der Waals surface area contributed by atoms with E-state index in [2.05, 4.69) is 34.3 Å². The van der Waals surface area contributed by atoms with Crippen LogP contribution in [0.1, 0.15) is 24.2 Å². The second-order valence-corrected chi connectivity index (χ2v) is 6.89. The first-order valence-corrected chi connectivity index (χ1v) is 9.08. The van der Waals surface area contributed by atoms with Crippen LogP contribution in [-0.2, 0) is 0 Å². The van der Waals surface area contributed by atoms with Crippen LogP contribution in [0.25, 0.3) is 0 Å². The molecule has 0 aliphatic rings. The molecule has 22 heavy (non-hydrogen) atoms. The Kier molecular flexibility index (Phi) is 6.82. The van der Waals surface area contributed by atoms with E-state index in [1.807, 2.05) is 18.2 Å². The van der Waals surface area contributed by atoms with Crippen molar-refractivity contribution in [3.8, 4) is 0 Å². The van der Waals surface area contributed by atoms with Crippen molar-refractivity contribution in [1.82, 2.24) is 15.1 Å². The number of thioether (sulfide) groups is 1. The first-order chi connectivity index (χ1) is 10.7. The highest BCUT2D eigenvalue weighted by atomic mass is 32.2. The SMILES string of the molecule is CCN(CC)CCSc1nnc(NC(=O)c2ccccc2)s1. The van der Waals surface area contributed by atoms with Crippen LogP contribution in [0.3, 0.4) is 0 Å². The smallest absolute Gasteiger partial charge is 0.257 e. The van der Waals surface area contributed by atoms with Crippen LogP contribution in [0.4, 0.5) is 5.13 Å². The van der Waals surface area contributed by atoms with Crippen molar-refractivity contribution in [3.05, 3.63) is 35.9 Å². The maximum atomic E-state index is 12.0. The molecule has 0 unspecified atom stereocenters. The number of carbonyl (C=O) groups excluding carboxylic acids is 1. The van der Waals surface area contributed by atoms with Crippen molar-refractivity contribution in [1.29, 1.82) is 0 Å².